The number of nitrogens with zero attached hydrogens (tertiary/aromatic N) is 1. The highest BCUT2D eigenvalue weighted by atomic mass is 16.5. The second-order valence-corrected chi connectivity index (χ2v) is 4.19. The number of hydrogen-bond donors (Lipinski definition) is 0. The Morgan fingerprint density at radius 2 is 1.75 bits per heavy atom. The van der Waals surface area contributed by atoms with Crippen molar-refractivity contribution in [1.29, 1.82) is 0 Å². The molecule has 1 aliphatic rings. The number of fused-ring (bicyclic) bond motifs is 1. The molecule has 1 heterocycles. The van der Waals surface area contributed by atoms with Crippen molar-refractivity contribution < 1.29 is 4.74 Å². The minimum absolute atomic E-state index is 0.732. The average Bonchev–Trinajstić information content (AvgIpc) is 2.82. The van der Waals surface area contributed by atoms with Crippen molar-refractivity contribution in [2.45, 2.75) is 25.7 Å². The third-order valence-electron chi connectivity index (χ3n) is 2.98. The highest BCUT2D eigenvalue weighted by Crippen LogP contribution is 2.29. The van der Waals surface area contributed by atoms with E-state index in [-0.39, 0.29) is 0 Å². The first kappa shape index (κ1) is 9.64. The SMILES string of the molecule is c1ccc2nc(O[C]3CCCC3)ccc2c1. The maximum atomic E-state index is 5.79. The van der Waals surface area contributed by atoms with Gasteiger partial charge in [0, 0.05) is 11.5 Å². The van der Waals surface area contributed by atoms with E-state index in [1.807, 2.05) is 24.3 Å². The molecule has 81 valence electrons. The van der Waals surface area contributed by atoms with Crippen LogP contribution in [0.5, 0.6) is 5.88 Å². The maximum Gasteiger partial charge on any atom is 0.214 e. The van der Waals surface area contributed by atoms with E-state index in [2.05, 4.69) is 17.1 Å². The quantitative estimate of drug-likeness (QED) is 0.756. The Kier molecular flexibility index (Phi) is 2.49. The van der Waals surface area contributed by atoms with Gasteiger partial charge in [0.2, 0.25) is 5.88 Å². The van der Waals surface area contributed by atoms with Crippen LogP contribution in [0.4, 0.5) is 0 Å². The Bertz CT molecular complexity index is 489. The zero-order valence-electron chi connectivity index (χ0n) is 9.15. The number of pyridine rings is 1. The largest absolute Gasteiger partial charge is 0.467 e. The van der Waals surface area contributed by atoms with E-state index in [0.29, 0.717) is 0 Å². The lowest BCUT2D eigenvalue weighted by atomic mass is 10.2. The summed E-state index contributed by atoms with van der Waals surface area (Å²) in [5.74, 6) is 0.732. The molecule has 1 radical (unpaired) electrons. The predicted molar refractivity (Wildman–Crippen MR) is 64.1 cm³/mol. The summed E-state index contributed by atoms with van der Waals surface area (Å²) in [6.07, 6.45) is 5.87. The van der Waals surface area contributed by atoms with Crippen LogP contribution in [0.2, 0.25) is 0 Å². The molecule has 1 aromatic carbocycles. The van der Waals surface area contributed by atoms with Gasteiger partial charge in [-0.15, -0.1) is 0 Å². The fourth-order valence-corrected chi connectivity index (χ4v) is 2.12. The zero-order valence-corrected chi connectivity index (χ0v) is 9.15. The molecule has 2 aromatic rings. The molecule has 0 unspecified atom stereocenters. The van der Waals surface area contributed by atoms with Crippen LogP contribution >= 0.6 is 0 Å². The van der Waals surface area contributed by atoms with Gasteiger partial charge in [0.15, 0.2) is 6.10 Å². The molecule has 2 nitrogen and oxygen atoms in total. The van der Waals surface area contributed by atoms with Crippen LogP contribution in [-0.2, 0) is 0 Å². The first-order valence-electron chi connectivity index (χ1n) is 5.80. The Labute approximate surface area is 95.3 Å². The Morgan fingerprint density at radius 1 is 0.938 bits per heavy atom. The molecule has 0 N–H and O–H groups in total. The molecular formula is C14H14NO. The highest BCUT2D eigenvalue weighted by molar-refractivity contribution is 5.78. The van der Waals surface area contributed by atoms with Gasteiger partial charge >= 0.3 is 0 Å². The highest BCUT2D eigenvalue weighted by Gasteiger charge is 2.18. The van der Waals surface area contributed by atoms with Gasteiger partial charge in [-0.2, -0.15) is 0 Å². The lowest BCUT2D eigenvalue weighted by molar-refractivity contribution is 0.307. The normalized spacial score (nSPS) is 16.8. The molecule has 0 saturated heterocycles. The van der Waals surface area contributed by atoms with Gasteiger partial charge in [-0.1, -0.05) is 18.2 Å². The van der Waals surface area contributed by atoms with E-state index in [9.17, 15) is 0 Å². The summed E-state index contributed by atoms with van der Waals surface area (Å²) in [4.78, 5) is 4.50. The van der Waals surface area contributed by atoms with Crippen molar-refractivity contribution in [3.63, 3.8) is 0 Å². The van der Waals surface area contributed by atoms with E-state index in [1.165, 1.54) is 18.9 Å². The molecule has 1 aromatic heterocycles. The Balaban J connectivity index is 1.86. The molecule has 1 saturated carbocycles. The van der Waals surface area contributed by atoms with Crippen LogP contribution in [0.25, 0.3) is 10.9 Å². The van der Waals surface area contributed by atoms with Gasteiger partial charge in [-0.25, -0.2) is 4.98 Å². The van der Waals surface area contributed by atoms with Crippen molar-refractivity contribution in [3.8, 4) is 5.88 Å². The minimum Gasteiger partial charge on any atom is -0.467 e. The summed E-state index contributed by atoms with van der Waals surface area (Å²) in [6, 6.07) is 12.1. The van der Waals surface area contributed by atoms with Crippen molar-refractivity contribution in [1.82, 2.24) is 4.98 Å². The standard InChI is InChI=1S/C14H14NO/c1-4-8-13-11(5-1)9-10-14(15-13)16-12-6-2-3-7-12/h1,4-5,8-10H,2-3,6-7H2. The van der Waals surface area contributed by atoms with Crippen molar-refractivity contribution >= 4 is 10.9 Å². The van der Waals surface area contributed by atoms with E-state index in [4.69, 9.17) is 4.74 Å². The topological polar surface area (TPSA) is 22.1 Å². The van der Waals surface area contributed by atoms with E-state index < -0.39 is 0 Å². The lowest BCUT2D eigenvalue weighted by Gasteiger charge is -2.10. The lowest BCUT2D eigenvalue weighted by Crippen LogP contribution is -2.02. The summed E-state index contributed by atoms with van der Waals surface area (Å²) >= 11 is 0. The summed E-state index contributed by atoms with van der Waals surface area (Å²) in [7, 11) is 0. The van der Waals surface area contributed by atoms with Crippen molar-refractivity contribution in [3.05, 3.63) is 42.5 Å². The molecule has 3 rings (SSSR count). The minimum atomic E-state index is 0.732. The van der Waals surface area contributed by atoms with Gasteiger partial charge in [-0.3, -0.25) is 0 Å². The van der Waals surface area contributed by atoms with Gasteiger partial charge in [-0.05, 0) is 37.8 Å². The van der Waals surface area contributed by atoms with Crippen molar-refractivity contribution in [2.24, 2.45) is 0 Å². The first-order chi connectivity index (χ1) is 7.92. The van der Waals surface area contributed by atoms with Crippen molar-refractivity contribution in [2.75, 3.05) is 0 Å². The van der Waals surface area contributed by atoms with Crippen LogP contribution in [0, 0.1) is 6.10 Å². The van der Waals surface area contributed by atoms with E-state index in [0.717, 1.165) is 29.6 Å². The number of para-hydroxylation sites is 1. The molecule has 0 bridgehead atoms. The van der Waals surface area contributed by atoms with Crippen LogP contribution in [0.1, 0.15) is 25.7 Å². The molecule has 1 aliphatic carbocycles. The zero-order chi connectivity index (χ0) is 10.8. The fourth-order valence-electron chi connectivity index (χ4n) is 2.12. The monoisotopic (exact) mass is 212 g/mol. The van der Waals surface area contributed by atoms with Gasteiger partial charge in [0.1, 0.15) is 0 Å². The number of aromatic nitrogens is 1. The van der Waals surface area contributed by atoms with E-state index in [1.54, 1.807) is 0 Å². The molecule has 1 fully saturated rings. The average molecular weight is 212 g/mol. The molecule has 0 aliphatic heterocycles. The molecule has 2 heteroatoms. The number of ether oxygens (including phenoxy) is 1. The smallest absolute Gasteiger partial charge is 0.214 e. The van der Waals surface area contributed by atoms with E-state index >= 15 is 0 Å². The molecule has 0 atom stereocenters. The maximum absolute atomic E-state index is 5.79. The van der Waals surface area contributed by atoms with Crippen LogP contribution in [0.3, 0.4) is 0 Å². The van der Waals surface area contributed by atoms with Gasteiger partial charge in [0.05, 0.1) is 5.52 Å². The molecule has 16 heavy (non-hydrogen) atoms. The first-order valence-corrected chi connectivity index (χ1v) is 5.80. The van der Waals surface area contributed by atoms with Gasteiger partial charge < -0.3 is 4.74 Å². The third kappa shape index (κ3) is 1.87. The second kappa shape index (κ2) is 4.12. The van der Waals surface area contributed by atoms with Gasteiger partial charge in [0.25, 0.3) is 0 Å². The summed E-state index contributed by atoms with van der Waals surface area (Å²) in [6.45, 7) is 0. The summed E-state index contributed by atoms with van der Waals surface area (Å²) < 4.78 is 5.79. The predicted octanol–water partition coefficient (Wildman–Crippen LogP) is 3.72. The molecule has 0 amide bonds. The van der Waals surface area contributed by atoms with Crippen LogP contribution < -0.4 is 4.74 Å². The van der Waals surface area contributed by atoms with Crippen LogP contribution in [-0.4, -0.2) is 4.98 Å². The number of benzene rings is 1. The second-order valence-electron chi connectivity index (χ2n) is 4.19. The Morgan fingerprint density at radius 3 is 2.62 bits per heavy atom. The number of hydrogen-bond acceptors (Lipinski definition) is 2. The summed E-state index contributed by atoms with van der Waals surface area (Å²) in [5, 5.41) is 1.16. The summed E-state index contributed by atoms with van der Waals surface area (Å²) in [5.41, 5.74) is 0.999. The molecule has 0 spiro atoms. The Hall–Kier alpha value is -1.57. The van der Waals surface area contributed by atoms with Crippen LogP contribution in [0.15, 0.2) is 36.4 Å². The number of rotatable bonds is 2. The fraction of sp³-hybridized carbons (Fsp3) is 0.286. The third-order valence-corrected chi connectivity index (χ3v) is 2.98. The molecular weight excluding hydrogens is 198 g/mol.